The van der Waals surface area contributed by atoms with Crippen LogP contribution in [0.1, 0.15) is 24.7 Å². The lowest BCUT2D eigenvalue weighted by molar-refractivity contribution is 0.479. The van der Waals surface area contributed by atoms with Gasteiger partial charge in [-0.25, -0.2) is 4.98 Å². The van der Waals surface area contributed by atoms with E-state index in [1.54, 1.807) is 0 Å². The molecule has 13 heavy (non-hydrogen) atoms. The molecule has 1 heterocycles. The summed E-state index contributed by atoms with van der Waals surface area (Å²) in [5.41, 5.74) is 8.25. The number of imidazole rings is 1. The number of fused-ring (bicyclic) bond motifs is 1. The fourth-order valence-electron chi connectivity index (χ4n) is 2.05. The zero-order valence-corrected chi connectivity index (χ0v) is 8.16. The first-order chi connectivity index (χ1) is 6.31. The van der Waals surface area contributed by atoms with Gasteiger partial charge in [-0.1, -0.05) is 6.92 Å². The minimum atomic E-state index is 0.707. The molecule has 1 aliphatic rings. The Hall–Kier alpha value is -0.830. The molecule has 72 valence electrons. The molecular weight excluding hydrogens is 162 g/mol. The lowest BCUT2D eigenvalue weighted by Gasteiger charge is -2.18. The molecule has 2 N–H and O–H groups in total. The van der Waals surface area contributed by atoms with Gasteiger partial charge in [0.25, 0.3) is 0 Å². The van der Waals surface area contributed by atoms with Crippen LogP contribution in [-0.2, 0) is 19.4 Å². The molecule has 0 aliphatic heterocycles. The Morgan fingerprint density at radius 1 is 1.69 bits per heavy atom. The van der Waals surface area contributed by atoms with E-state index in [2.05, 4.69) is 16.5 Å². The summed E-state index contributed by atoms with van der Waals surface area (Å²) in [5.74, 6) is 0.800. The van der Waals surface area contributed by atoms with Crippen molar-refractivity contribution in [1.82, 2.24) is 9.55 Å². The Balaban J connectivity index is 2.23. The lowest BCUT2D eigenvalue weighted by atomic mass is 9.91. The van der Waals surface area contributed by atoms with Gasteiger partial charge in [0.2, 0.25) is 0 Å². The minimum Gasteiger partial charge on any atom is -0.333 e. The molecule has 0 saturated heterocycles. The van der Waals surface area contributed by atoms with E-state index >= 15 is 0 Å². The van der Waals surface area contributed by atoms with Gasteiger partial charge in [-0.2, -0.15) is 0 Å². The van der Waals surface area contributed by atoms with E-state index in [1.807, 2.05) is 6.33 Å². The fraction of sp³-hybridized carbons (Fsp3) is 0.700. The van der Waals surface area contributed by atoms with Crippen molar-refractivity contribution in [2.24, 2.45) is 11.7 Å². The molecule has 0 aromatic carbocycles. The highest BCUT2D eigenvalue weighted by atomic mass is 15.1. The van der Waals surface area contributed by atoms with Crippen molar-refractivity contribution in [3.8, 4) is 0 Å². The first-order valence-electron chi connectivity index (χ1n) is 5.04. The van der Waals surface area contributed by atoms with Crippen molar-refractivity contribution in [3.63, 3.8) is 0 Å². The van der Waals surface area contributed by atoms with Crippen molar-refractivity contribution in [3.05, 3.63) is 17.7 Å². The smallest absolute Gasteiger partial charge is 0.0952 e. The van der Waals surface area contributed by atoms with E-state index in [1.165, 1.54) is 24.2 Å². The van der Waals surface area contributed by atoms with Crippen LogP contribution in [0.3, 0.4) is 0 Å². The molecular formula is C10H17N3. The van der Waals surface area contributed by atoms with Crippen LogP contribution in [0.4, 0.5) is 0 Å². The molecule has 1 aromatic rings. The fourth-order valence-corrected chi connectivity index (χ4v) is 2.05. The largest absolute Gasteiger partial charge is 0.333 e. The van der Waals surface area contributed by atoms with E-state index in [9.17, 15) is 0 Å². The van der Waals surface area contributed by atoms with Crippen molar-refractivity contribution in [2.75, 3.05) is 6.54 Å². The van der Waals surface area contributed by atoms with Crippen molar-refractivity contribution < 1.29 is 0 Å². The van der Waals surface area contributed by atoms with Crippen LogP contribution in [0.5, 0.6) is 0 Å². The van der Waals surface area contributed by atoms with Gasteiger partial charge >= 0.3 is 0 Å². The zero-order chi connectivity index (χ0) is 9.26. The normalized spacial score (nSPS) is 21.5. The quantitative estimate of drug-likeness (QED) is 0.735. The second-order valence-electron chi connectivity index (χ2n) is 3.97. The van der Waals surface area contributed by atoms with Gasteiger partial charge in [0.1, 0.15) is 0 Å². The van der Waals surface area contributed by atoms with Crippen LogP contribution >= 0.6 is 0 Å². The van der Waals surface area contributed by atoms with Crippen LogP contribution in [0.2, 0.25) is 0 Å². The van der Waals surface area contributed by atoms with Gasteiger partial charge in [-0.05, 0) is 25.2 Å². The van der Waals surface area contributed by atoms with Crippen LogP contribution < -0.4 is 5.73 Å². The van der Waals surface area contributed by atoms with Gasteiger partial charge in [-0.3, -0.25) is 0 Å². The average molecular weight is 179 g/mol. The molecule has 1 atom stereocenters. The maximum absolute atomic E-state index is 5.53. The molecule has 0 spiro atoms. The highest BCUT2D eigenvalue weighted by Crippen LogP contribution is 2.23. The topological polar surface area (TPSA) is 43.8 Å². The number of nitrogens with zero attached hydrogens (tertiary/aromatic N) is 2. The summed E-state index contributed by atoms with van der Waals surface area (Å²) < 4.78 is 2.21. The predicted molar refractivity (Wildman–Crippen MR) is 52.5 cm³/mol. The first kappa shape index (κ1) is 8.75. The summed E-state index contributed by atoms with van der Waals surface area (Å²) in [4.78, 5) is 4.43. The van der Waals surface area contributed by atoms with Gasteiger partial charge in [0.05, 0.1) is 12.0 Å². The summed E-state index contributed by atoms with van der Waals surface area (Å²) in [6, 6.07) is 0. The highest BCUT2D eigenvalue weighted by Gasteiger charge is 2.19. The summed E-state index contributed by atoms with van der Waals surface area (Å²) >= 11 is 0. The predicted octanol–water partition coefficient (Wildman–Crippen LogP) is 0.967. The third kappa shape index (κ3) is 1.61. The Bertz CT molecular complexity index is 277. The standard InChI is InChI=1S/C10H17N3/c1-8-2-3-10-9(6-8)12-7-13(10)5-4-11/h7-8H,2-6,11H2,1H3. The van der Waals surface area contributed by atoms with Gasteiger partial charge in [-0.15, -0.1) is 0 Å². The number of hydrogen-bond donors (Lipinski definition) is 1. The Kier molecular flexibility index (Phi) is 2.36. The van der Waals surface area contributed by atoms with Gasteiger partial charge < -0.3 is 10.3 Å². The van der Waals surface area contributed by atoms with Crippen LogP contribution in [0.25, 0.3) is 0 Å². The second kappa shape index (κ2) is 3.50. The van der Waals surface area contributed by atoms with Crippen molar-refractivity contribution >= 4 is 0 Å². The van der Waals surface area contributed by atoms with E-state index in [0.29, 0.717) is 6.54 Å². The van der Waals surface area contributed by atoms with E-state index in [4.69, 9.17) is 5.73 Å². The molecule has 3 heteroatoms. The third-order valence-electron chi connectivity index (χ3n) is 2.82. The zero-order valence-electron chi connectivity index (χ0n) is 8.16. The molecule has 0 fully saturated rings. The first-order valence-corrected chi connectivity index (χ1v) is 5.04. The molecule has 1 unspecified atom stereocenters. The van der Waals surface area contributed by atoms with Crippen LogP contribution in [0.15, 0.2) is 6.33 Å². The number of nitrogens with two attached hydrogens (primary N) is 1. The molecule has 0 radical (unpaired) electrons. The highest BCUT2D eigenvalue weighted by molar-refractivity contribution is 5.17. The number of aromatic nitrogens is 2. The Morgan fingerprint density at radius 2 is 2.54 bits per heavy atom. The molecule has 0 bridgehead atoms. The van der Waals surface area contributed by atoms with Gasteiger partial charge in [0.15, 0.2) is 0 Å². The van der Waals surface area contributed by atoms with E-state index in [0.717, 1.165) is 18.9 Å². The lowest BCUT2D eigenvalue weighted by Crippen LogP contribution is -2.16. The van der Waals surface area contributed by atoms with Crippen molar-refractivity contribution in [2.45, 2.75) is 32.7 Å². The van der Waals surface area contributed by atoms with E-state index < -0.39 is 0 Å². The summed E-state index contributed by atoms with van der Waals surface area (Å²) in [5, 5.41) is 0. The number of rotatable bonds is 2. The monoisotopic (exact) mass is 179 g/mol. The molecule has 2 rings (SSSR count). The van der Waals surface area contributed by atoms with Crippen LogP contribution in [0, 0.1) is 5.92 Å². The third-order valence-corrected chi connectivity index (χ3v) is 2.82. The molecule has 0 amide bonds. The summed E-state index contributed by atoms with van der Waals surface area (Å²) in [7, 11) is 0. The maximum atomic E-state index is 5.53. The summed E-state index contributed by atoms with van der Waals surface area (Å²) in [6.07, 6.45) is 5.56. The average Bonchev–Trinajstić information content (AvgIpc) is 2.49. The summed E-state index contributed by atoms with van der Waals surface area (Å²) in [6.45, 7) is 3.92. The SMILES string of the molecule is CC1CCc2c(ncn2CCN)C1. The molecule has 3 nitrogen and oxygen atoms in total. The minimum absolute atomic E-state index is 0.707. The molecule has 0 saturated carbocycles. The van der Waals surface area contributed by atoms with Gasteiger partial charge in [0, 0.05) is 18.8 Å². The van der Waals surface area contributed by atoms with Crippen LogP contribution in [-0.4, -0.2) is 16.1 Å². The maximum Gasteiger partial charge on any atom is 0.0952 e. The van der Waals surface area contributed by atoms with E-state index in [-0.39, 0.29) is 0 Å². The number of hydrogen-bond acceptors (Lipinski definition) is 2. The Labute approximate surface area is 79.0 Å². The molecule has 1 aliphatic carbocycles. The Morgan fingerprint density at radius 3 is 3.31 bits per heavy atom. The second-order valence-corrected chi connectivity index (χ2v) is 3.97. The molecule has 1 aromatic heterocycles. The van der Waals surface area contributed by atoms with Crippen molar-refractivity contribution in [1.29, 1.82) is 0 Å².